The Balaban J connectivity index is 1.34. The second kappa shape index (κ2) is 11.3. The largest absolute Gasteiger partial charge is 0.379 e. The molecule has 0 amide bonds. The van der Waals surface area contributed by atoms with Crippen LogP contribution in [0.4, 0.5) is 0 Å². The third-order valence-electron chi connectivity index (χ3n) is 8.32. The molecule has 0 bridgehead atoms. The fourth-order valence-corrected chi connectivity index (χ4v) is 5.88. The normalized spacial score (nSPS) is 21.8. The number of nitrogens with zero attached hydrogens (tertiary/aromatic N) is 3. The molecule has 0 radical (unpaired) electrons. The van der Waals surface area contributed by atoms with Gasteiger partial charge < -0.3 is 4.74 Å². The molecule has 1 saturated carbocycles. The van der Waals surface area contributed by atoms with Crippen molar-refractivity contribution in [2.24, 2.45) is 11.8 Å². The zero-order valence-electron chi connectivity index (χ0n) is 22.9. The molecule has 1 aromatic heterocycles. The Labute approximate surface area is 231 Å². The van der Waals surface area contributed by atoms with Crippen LogP contribution >= 0.6 is 0 Å². The number of rotatable bonds is 9. The lowest BCUT2D eigenvalue weighted by Gasteiger charge is -2.28. The molecule has 2 aromatic carbocycles. The van der Waals surface area contributed by atoms with E-state index in [1.165, 1.54) is 12.0 Å². The van der Waals surface area contributed by atoms with Gasteiger partial charge in [-0.2, -0.15) is 5.10 Å². The SMILES string of the molecule is CC(=CC(CCN1CCOCC1)c1ccccc1)C(=O)c1c(-c2ccccc2)nn(C2=CC3CC3C=C2)c1C. The number of aromatic nitrogens is 2. The van der Waals surface area contributed by atoms with Crippen LogP contribution in [0.25, 0.3) is 17.0 Å². The van der Waals surface area contributed by atoms with Gasteiger partial charge in [-0.1, -0.05) is 78.9 Å². The lowest BCUT2D eigenvalue weighted by Crippen LogP contribution is -2.37. The number of morpholine rings is 1. The summed E-state index contributed by atoms with van der Waals surface area (Å²) in [4.78, 5) is 16.7. The first kappa shape index (κ1) is 25.7. The van der Waals surface area contributed by atoms with Crippen molar-refractivity contribution in [3.8, 4) is 11.3 Å². The first-order valence-corrected chi connectivity index (χ1v) is 14.2. The fraction of sp³-hybridized carbons (Fsp3) is 0.353. The zero-order valence-corrected chi connectivity index (χ0v) is 22.9. The molecule has 6 rings (SSSR count). The van der Waals surface area contributed by atoms with Crippen molar-refractivity contribution in [1.29, 1.82) is 0 Å². The number of allylic oxidation sites excluding steroid dienone is 6. The van der Waals surface area contributed by atoms with E-state index in [2.05, 4.69) is 53.5 Å². The molecular weight excluding hydrogens is 482 g/mol. The van der Waals surface area contributed by atoms with E-state index in [-0.39, 0.29) is 11.7 Å². The van der Waals surface area contributed by atoms with E-state index in [0.29, 0.717) is 17.4 Å². The molecule has 2 heterocycles. The van der Waals surface area contributed by atoms with Crippen molar-refractivity contribution < 1.29 is 9.53 Å². The lowest BCUT2D eigenvalue weighted by molar-refractivity contribution is 0.0370. The predicted octanol–water partition coefficient (Wildman–Crippen LogP) is 6.54. The molecule has 0 N–H and O–H groups in total. The van der Waals surface area contributed by atoms with Gasteiger partial charge in [0.1, 0.15) is 5.69 Å². The minimum Gasteiger partial charge on any atom is -0.379 e. The topological polar surface area (TPSA) is 47.4 Å². The van der Waals surface area contributed by atoms with Crippen LogP contribution < -0.4 is 0 Å². The van der Waals surface area contributed by atoms with E-state index in [9.17, 15) is 4.79 Å². The van der Waals surface area contributed by atoms with Gasteiger partial charge in [0.05, 0.1) is 30.2 Å². The molecule has 0 spiro atoms. The molecule has 3 aliphatic rings. The summed E-state index contributed by atoms with van der Waals surface area (Å²) in [6.07, 6.45) is 11.1. The van der Waals surface area contributed by atoms with Crippen LogP contribution in [-0.2, 0) is 4.74 Å². The number of hydrogen-bond acceptors (Lipinski definition) is 4. The molecule has 1 aliphatic heterocycles. The van der Waals surface area contributed by atoms with Crippen LogP contribution in [0.5, 0.6) is 0 Å². The van der Waals surface area contributed by atoms with Gasteiger partial charge in [-0.25, -0.2) is 4.68 Å². The molecule has 3 atom stereocenters. The van der Waals surface area contributed by atoms with E-state index in [1.807, 2.05) is 54.9 Å². The Morgan fingerprint density at radius 2 is 1.77 bits per heavy atom. The van der Waals surface area contributed by atoms with Crippen molar-refractivity contribution in [3.63, 3.8) is 0 Å². The van der Waals surface area contributed by atoms with Crippen molar-refractivity contribution in [1.82, 2.24) is 14.7 Å². The number of carbonyl (C=O) groups excluding carboxylic acids is 1. The van der Waals surface area contributed by atoms with E-state index in [1.54, 1.807) is 0 Å². The molecule has 5 heteroatoms. The summed E-state index contributed by atoms with van der Waals surface area (Å²) in [5.74, 6) is 1.49. The number of carbonyl (C=O) groups is 1. The summed E-state index contributed by atoms with van der Waals surface area (Å²) >= 11 is 0. The maximum absolute atomic E-state index is 14.2. The van der Waals surface area contributed by atoms with Crippen LogP contribution in [0.15, 0.2) is 90.5 Å². The molecule has 39 heavy (non-hydrogen) atoms. The number of ether oxygens (including phenoxy) is 1. The van der Waals surface area contributed by atoms with E-state index >= 15 is 0 Å². The van der Waals surface area contributed by atoms with Crippen LogP contribution in [-0.4, -0.2) is 53.3 Å². The van der Waals surface area contributed by atoms with Gasteiger partial charge >= 0.3 is 0 Å². The van der Waals surface area contributed by atoms with Crippen LogP contribution in [0, 0.1) is 18.8 Å². The molecular formula is C34H37N3O2. The molecule has 3 aromatic rings. The summed E-state index contributed by atoms with van der Waals surface area (Å²) in [5, 5.41) is 5.03. The van der Waals surface area contributed by atoms with Gasteiger partial charge in [-0.05, 0) is 62.3 Å². The summed E-state index contributed by atoms with van der Waals surface area (Å²) in [6.45, 7) is 8.50. The van der Waals surface area contributed by atoms with Crippen molar-refractivity contribution in [3.05, 3.63) is 107 Å². The van der Waals surface area contributed by atoms with Crippen LogP contribution in [0.2, 0.25) is 0 Å². The summed E-state index contributed by atoms with van der Waals surface area (Å²) in [6, 6.07) is 20.6. The Bertz CT molecular complexity index is 1410. The second-order valence-corrected chi connectivity index (χ2v) is 11.0. The second-order valence-electron chi connectivity index (χ2n) is 11.0. The molecule has 1 saturated heterocycles. The monoisotopic (exact) mass is 519 g/mol. The first-order valence-electron chi connectivity index (χ1n) is 14.2. The lowest BCUT2D eigenvalue weighted by atomic mass is 9.90. The number of ketones is 1. The predicted molar refractivity (Wildman–Crippen MR) is 157 cm³/mol. The zero-order chi connectivity index (χ0) is 26.8. The highest BCUT2D eigenvalue weighted by Gasteiger charge is 2.36. The maximum Gasteiger partial charge on any atom is 0.192 e. The Morgan fingerprint density at radius 1 is 1.05 bits per heavy atom. The molecule has 2 fully saturated rings. The van der Waals surface area contributed by atoms with Crippen LogP contribution in [0.3, 0.4) is 0 Å². The first-order chi connectivity index (χ1) is 19.1. The Kier molecular flexibility index (Phi) is 7.45. The van der Waals surface area contributed by atoms with Gasteiger partial charge in [-0.3, -0.25) is 9.69 Å². The van der Waals surface area contributed by atoms with Crippen molar-refractivity contribution in [2.75, 3.05) is 32.8 Å². The molecule has 200 valence electrons. The highest BCUT2D eigenvalue weighted by molar-refractivity contribution is 6.12. The third kappa shape index (κ3) is 5.61. The van der Waals surface area contributed by atoms with Gasteiger partial charge in [0.15, 0.2) is 5.78 Å². The van der Waals surface area contributed by atoms with Gasteiger partial charge in [0.25, 0.3) is 0 Å². The Hall–Kier alpha value is -3.54. The third-order valence-corrected chi connectivity index (χ3v) is 8.32. The van der Waals surface area contributed by atoms with E-state index in [4.69, 9.17) is 9.84 Å². The van der Waals surface area contributed by atoms with Gasteiger partial charge in [0.2, 0.25) is 0 Å². The standard InChI is InChI=1S/C34H37N3O2/c1-24(21-29(26-9-5-3-6-10-26)15-16-36-17-19-39-20-18-36)34(38)32-25(2)37(31-14-13-28-22-30(28)23-31)35-33(32)27-11-7-4-8-12-27/h3-14,21,23,28-30H,15-20,22H2,1-2H3. The molecule has 2 aliphatic carbocycles. The number of Topliss-reactive ketones (excluding diaryl/α,β-unsaturated/α-hetero) is 1. The maximum atomic E-state index is 14.2. The Morgan fingerprint density at radius 3 is 2.49 bits per heavy atom. The van der Waals surface area contributed by atoms with Gasteiger partial charge in [0, 0.05) is 24.6 Å². The average Bonchev–Trinajstić information content (AvgIpc) is 3.69. The summed E-state index contributed by atoms with van der Waals surface area (Å²) in [5.41, 5.74) is 6.38. The minimum absolute atomic E-state index is 0.0506. The van der Waals surface area contributed by atoms with Gasteiger partial charge in [-0.15, -0.1) is 0 Å². The number of benzene rings is 2. The molecule has 3 unspecified atom stereocenters. The fourth-order valence-electron chi connectivity index (χ4n) is 5.88. The van der Waals surface area contributed by atoms with E-state index < -0.39 is 0 Å². The number of hydrogen-bond donors (Lipinski definition) is 0. The summed E-state index contributed by atoms with van der Waals surface area (Å²) < 4.78 is 7.51. The average molecular weight is 520 g/mol. The minimum atomic E-state index is 0.0506. The molecule has 5 nitrogen and oxygen atoms in total. The van der Waals surface area contributed by atoms with Crippen molar-refractivity contribution in [2.45, 2.75) is 32.6 Å². The van der Waals surface area contributed by atoms with Crippen LogP contribution in [0.1, 0.15) is 47.3 Å². The highest BCUT2D eigenvalue weighted by atomic mass is 16.5. The quantitative estimate of drug-likeness (QED) is 0.238. The van der Waals surface area contributed by atoms with Crippen molar-refractivity contribution >= 4 is 11.5 Å². The highest BCUT2D eigenvalue weighted by Crippen LogP contribution is 2.45. The van der Waals surface area contributed by atoms with E-state index in [0.717, 1.165) is 67.5 Å². The summed E-state index contributed by atoms with van der Waals surface area (Å²) in [7, 11) is 0. The number of fused-ring (bicyclic) bond motifs is 1. The smallest absolute Gasteiger partial charge is 0.192 e.